The molecule has 0 spiro atoms. The summed E-state index contributed by atoms with van der Waals surface area (Å²) in [7, 11) is 0. The molecule has 0 aliphatic carbocycles. The third-order valence-corrected chi connectivity index (χ3v) is 11.0. The van der Waals surface area contributed by atoms with E-state index in [1.807, 2.05) is 12.2 Å². The molecule has 282 valence electrons. The normalized spacial score (nSPS) is 11.6. The zero-order chi connectivity index (χ0) is 40.0. The van der Waals surface area contributed by atoms with Gasteiger partial charge in [0.2, 0.25) is 0 Å². The Morgan fingerprint density at radius 3 is 1.46 bits per heavy atom. The predicted octanol–water partition coefficient (Wildman–Crippen LogP) is 16.2. The molecule has 0 aromatic heterocycles. The summed E-state index contributed by atoms with van der Waals surface area (Å²) in [4.78, 5) is 4.88. The Bertz CT molecular complexity index is 2960. The Morgan fingerprint density at radius 2 is 0.881 bits per heavy atom. The zero-order valence-electron chi connectivity index (χ0n) is 33.1. The molecule has 2 nitrogen and oxygen atoms in total. The molecule has 0 heterocycles. The first-order valence-electron chi connectivity index (χ1n) is 20.2. The van der Waals surface area contributed by atoms with E-state index >= 15 is 0 Å². The maximum Gasteiger partial charge on any atom is 0.0547 e. The van der Waals surface area contributed by atoms with E-state index < -0.39 is 0 Å². The standard InChI is InChI=1S/C57H44N2/c1-3-5-29-46(4-2)58(52-36-21-19-32-48(52)42-23-9-6-10-24-42)54-40-38-44-27-15-17-34-50(44)56(54)57-51-35-18-16-28-45(51)39-41-55(57)59(47-30-13-8-14-31-47)53-37-22-20-33-49(53)43-25-11-7-12-26-43/h3-41H,1H2,2H3/b29-5-,46-4+. The van der Waals surface area contributed by atoms with E-state index in [0.29, 0.717) is 0 Å². The quantitative estimate of drug-likeness (QED) is 0.121. The van der Waals surface area contributed by atoms with E-state index in [1.54, 1.807) is 0 Å². The highest BCUT2D eigenvalue weighted by molar-refractivity contribution is 6.16. The van der Waals surface area contributed by atoms with E-state index in [0.717, 1.165) is 72.9 Å². The van der Waals surface area contributed by atoms with Gasteiger partial charge in [-0.3, -0.25) is 0 Å². The summed E-state index contributed by atoms with van der Waals surface area (Å²) in [6.07, 6.45) is 8.22. The van der Waals surface area contributed by atoms with Crippen molar-refractivity contribution in [2.75, 3.05) is 9.80 Å². The number of nitrogens with zero attached hydrogens (tertiary/aromatic N) is 2. The van der Waals surface area contributed by atoms with Crippen LogP contribution >= 0.6 is 0 Å². The van der Waals surface area contributed by atoms with Crippen molar-refractivity contribution in [1.82, 2.24) is 0 Å². The second kappa shape index (κ2) is 16.8. The predicted molar refractivity (Wildman–Crippen MR) is 254 cm³/mol. The van der Waals surface area contributed by atoms with Gasteiger partial charge in [0.25, 0.3) is 0 Å². The van der Waals surface area contributed by atoms with Crippen molar-refractivity contribution in [2.24, 2.45) is 0 Å². The van der Waals surface area contributed by atoms with Crippen LogP contribution in [0.4, 0.5) is 28.4 Å². The van der Waals surface area contributed by atoms with Gasteiger partial charge in [-0.25, -0.2) is 0 Å². The topological polar surface area (TPSA) is 6.48 Å². The molecule has 0 atom stereocenters. The van der Waals surface area contributed by atoms with Crippen LogP contribution in [0.1, 0.15) is 6.92 Å². The maximum absolute atomic E-state index is 4.06. The van der Waals surface area contributed by atoms with Crippen LogP contribution in [0.25, 0.3) is 54.9 Å². The number of benzene rings is 9. The summed E-state index contributed by atoms with van der Waals surface area (Å²) in [5, 5.41) is 4.67. The molecule has 0 amide bonds. The second-order valence-corrected chi connectivity index (χ2v) is 14.4. The lowest BCUT2D eigenvalue weighted by Gasteiger charge is -2.34. The van der Waals surface area contributed by atoms with Crippen molar-refractivity contribution in [2.45, 2.75) is 6.92 Å². The maximum atomic E-state index is 4.06. The van der Waals surface area contributed by atoms with Gasteiger partial charge < -0.3 is 9.80 Å². The van der Waals surface area contributed by atoms with Crippen LogP contribution in [-0.2, 0) is 0 Å². The number of rotatable bonds is 11. The Kier molecular flexibility index (Phi) is 10.5. The molecule has 2 heteroatoms. The monoisotopic (exact) mass is 756 g/mol. The lowest BCUT2D eigenvalue weighted by atomic mass is 9.89. The molecule has 0 saturated carbocycles. The van der Waals surface area contributed by atoms with Crippen LogP contribution in [0, 0.1) is 0 Å². The van der Waals surface area contributed by atoms with Gasteiger partial charge in [-0.05, 0) is 82.1 Å². The van der Waals surface area contributed by atoms with E-state index in [2.05, 4.69) is 248 Å². The second-order valence-electron chi connectivity index (χ2n) is 14.4. The molecular weight excluding hydrogens is 713 g/mol. The van der Waals surface area contributed by atoms with Gasteiger partial charge in [-0.15, -0.1) is 0 Å². The van der Waals surface area contributed by atoms with Crippen LogP contribution in [0.2, 0.25) is 0 Å². The fourth-order valence-corrected chi connectivity index (χ4v) is 8.34. The van der Waals surface area contributed by atoms with Gasteiger partial charge in [0, 0.05) is 33.6 Å². The summed E-state index contributed by atoms with van der Waals surface area (Å²) in [6.45, 7) is 6.17. The molecule has 59 heavy (non-hydrogen) atoms. The molecule has 0 radical (unpaired) electrons. The molecule has 9 rings (SSSR count). The van der Waals surface area contributed by atoms with Gasteiger partial charge in [0.05, 0.1) is 22.7 Å². The molecule has 0 fully saturated rings. The number of allylic oxidation sites excluding steroid dienone is 4. The minimum Gasteiger partial charge on any atom is -0.310 e. The van der Waals surface area contributed by atoms with E-state index in [9.17, 15) is 0 Å². The average Bonchev–Trinajstić information content (AvgIpc) is 3.31. The molecule has 9 aromatic rings. The largest absolute Gasteiger partial charge is 0.310 e. The average molecular weight is 757 g/mol. The van der Waals surface area contributed by atoms with Crippen molar-refractivity contribution in [1.29, 1.82) is 0 Å². The number of fused-ring (bicyclic) bond motifs is 2. The highest BCUT2D eigenvalue weighted by Gasteiger charge is 2.28. The molecule has 9 aromatic carbocycles. The van der Waals surface area contributed by atoms with Crippen LogP contribution < -0.4 is 9.80 Å². The fraction of sp³-hybridized carbons (Fsp3) is 0.0175. The Labute approximate surface area is 347 Å². The minimum absolute atomic E-state index is 1.03. The molecule has 0 bridgehead atoms. The molecular formula is C57H44N2. The lowest BCUT2D eigenvalue weighted by molar-refractivity contribution is 1.20. The van der Waals surface area contributed by atoms with Crippen molar-refractivity contribution in [3.05, 3.63) is 249 Å². The zero-order valence-corrected chi connectivity index (χ0v) is 33.1. The SMILES string of the molecule is C=C/C=C\C(=C/C)N(c1ccccc1-c1ccccc1)c1ccc2ccccc2c1-c1c(N(c2ccccc2)c2ccccc2-c2ccccc2)ccc2ccccc12. The summed E-state index contributed by atoms with van der Waals surface area (Å²) >= 11 is 0. The van der Waals surface area contributed by atoms with Crippen molar-refractivity contribution in [3.8, 4) is 33.4 Å². The van der Waals surface area contributed by atoms with Gasteiger partial charge in [0.1, 0.15) is 0 Å². The third kappa shape index (κ3) is 7.14. The highest BCUT2D eigenvalue weighted by atomic mass is 15.2. The summed E-state index contributed by atoms with van der Waals surface area (Å²) in [5.74, 6) is 0. The first-order valence-corrected chi connectivity index (χ1v) is 20.2. The molecule has 0 unspecified atom stereocenters. The fourth-order valence-electron chi connectivity index (χ4n) is 8.34. The van der Waals surface area contributed by atoms with E-state index in [4.69, 9.17) is 0 Å². The number of hydrogen-bond donors (Lipinski definition) is 0. The summed E-state index contributed by atoms with van der Waals surface area (Å²) in [5.41, 5.74) is 13.3. The molecule has 0 saturated heterocycles. The lowest BCUT2D eigenvalue weighted by Crippen LogP contribution is -2.18. The van der Waals surface area contributed by atoms with Crippen molar-refractivity contribution in [3.63, 3.8) is 0 Å². The first kappa shape index (κ1) is 36.9. The summed E-state index contributed by atoms with van der Waals surface area (Å²) < 4.78 is 0. The van der Waals surface area contributed by atoms with Crippen molar-refractivity contribution < 1.29 is 0 Å². The Balaban J connectivity index is 1.43. The molecule has 0 N–H and O–H groups in total. The van der Waals surface area contributed by atoms with Crippen LogP contribution in [-0.4, -0.2) is 0 Å². The Morgan fingerprint density at radius 1 is 0.424 bits per heavy atom. The smallest absolute Gasteiger partial charge is 0.0547 e. The van der Waals surface area contributed by atoms with Gasteiger partial charge >= 0.3 is 0 Å². The van der Waals surface area contributed by atoms with Crippen molar-refractivity contribution >= 4 is 50.0 Å². The molecule has 0 aliphatic heterocycles. The van der Waals surface area contributed by atoms with Crippen LogP contribution in [0.15, 0.2) is 249 Å². The first-order chi connectivity index (χ1) is 29.2. The number of hydrogen-bond acceptors (Lipinski definition) is 2. The number of para-hydroxylation sites is 3. The van der Waals surface area contributed by atoms with Crippen LogP contribution in [0.5, 0.6) is 0 Å². The van der Waals surface area contributed by atoms with E-state index in [-0.39, 0.29) is 0 Å². The number of anilines is 5. The molecule has 0 aliphatic rings. The summed E-state index contributed by atoms with van der Waals surface area (Å²) in [6, 6.07) is 76.4. The van der Waals surface area contributed by atoms with Crippen LogP contribution in [0.3, 0.4) is 0 Å². The van der Waals surface area contributed by atoms with Gasteiger partial charge in [-0.2, -0.15) is 0 Å². The third-order valence-electron chi connectivity index (χ3n) is 11.0. The van der Waals surface area contributed by atoms with E-state index in [1.165, 1.54) is 16.2 Å². The van der Waals surface area contributed by atoms with Gasteiger partial charge in [0.15, 0.2) is 0 Å². The Hall–Kier alpha value is -7.68. The van der Waals surface area contributed by atoms with Gasteiger partial charge in [-0.1, -0.05) is 201 Å². The highest BCUT2D eigenvalue weighted by Crippen LogP contribution is 2.52. The minimum atomic E-state index is 1.03.